The minimum atomic E-state index is -0.836. The van der Waals surface area contributed by atoms with Crippen LogP contribution in [0.15, 0.2) is 47.4 Å². The lowest BCUT2D eigenvalue weighted by Gasteiger charge is -2.14. The Bertz CT molecular complexity index is 1160. The van der Waals surface area contributed by atoms with Crippen LogP contribution >= 0.6 is 0 Å². The zero-order valence-corrected chi connectivity index (χ0v) is 17.6. The number of anilines is 1. The summed E-state index contributed by atoms with van der Waals surface area (Å²) in [4.78, 5) is 42.0. The molecule has 2 heterocycles. The van der Waals surface area contributed by atoms with Crippen molar-refractivity contribution in [1.82, 2.24) is 9.55 Å². The molecule has 0 radical (unpaired) electrons. The van der Waals surface area contributed by atoms with E-state index in [0.717, 1.165) is 11.3 Å². The number of para-hydroxylation sites is 1. The second kappa shape index (κ2) is 8.90. The fraction of sp³-hybridized carbons (Fsp3) is 0.304. The second-order valence-electron chi connectivity index (χ2n) is 7.35. The number of benzene rings is 1. The molecule has 0 aliphatic carbocycles. The van der Waals surface area contributed by atoms with E-state index in [-0.39, 0.29) is 11.5 Å². The number of hydrogen-bond donors (Lipinski definition) is 1. The lowest BCUT2D eigenvalue weighted by atomic mass is 10.0. The third-order valence-electron chi connectivity index (χ3n) is 4.81. The number of hydrogen-bond acceptors (Lipinski definition) is 5. The van der Waals surface area contributed by atoms with Crippen LogP contribution in [0.25, 0.3) is 11.0 Å². The largest absolute Gasteiger partial charge is 0.452 e. The molecule has 30 heavy (non-hydrogen) atoms. The van der Waals surface area contributed by atoms with Crippen LogP contribution in [0.1, 0.15) is 48.3 Å². The van der Waals surface area contributed by atoms with Crippen LogP contribution in [-0.2, 0) is 16.1 Å². The van der Waals surface area contributed by atoms with Gasteiger partial charge in [0.2, 0.25) is 5.43 Å². The molecule has 1 amide bonds. The van der Waals surface area contributed by atoms with E-state index in [9.17, 15) is 14.4 Å². The number of fused-ring (bicyclic) bond motifs is 1. The van der Waals surface area contributed by atoms with Gasteiger partial charge in [0.05, 0.1) is 5.39 Å². The van der Waals surface area contributed by atoms with Crippen LogP contribution in [0, 0.1) is 6.92 Å². The van der Waals surface area contributed by atoms with Gasteiger partial charge in [-0.25, -0.2) is 9.78 Å². The molecule has 0 bridgehead atoms. The molecular weight excluding hydrogens is 382 g/mol. The van der Waals surface area contributed by atoms with Crippen molar-refractivity contribution in [3.05, 3.63) is 69.6 Å². The van der Waals surface area contributed by atoms with Gasteiger partial charge in [-0.2, -0.15) is 0 Å². The first-order valence-electron chi connectivity index (χ1n) is 9.88. The van der Waals surface area contributed by atoms with E-state index >= 15 is 0 Å². The number of pyridine rings is 2. The van der Waals surface area contributed by atoms with Crippen LogP contribution in [0.3, 0.4) is 0 Å². The van der Waals surface area contributed by atoms with E-state index in [1.165, 1.54) is 6.20 Å². The van der Waals surface area contributed by atoms with E-state index < -0.39 is 23.9 Å². The molecule has 3 rings (SSSR count). The Balaban J connectivity index is 1.78. The topological polar surface area (TPSA) is 90.3 Å². The number of carbonyl (C=O) groups excluding carboxylic acids is 2. The molecule has 0 atom stereocenters. The summed E-state index contributed by atoms with van der Waals surface area (Å²) in [5.74, 6) is -1.08. The van der Waals surface area contributed by atoms with Crippen LogP contribution in [0.2, 0.25) is 0 Å². The highest BCUT2D eigenvalue weighted by Gasteiger charge is 2.19. The van der Waals surface area contributed by atoms with E-state index in [4.69, 9.17) is 4.74 Å². The normalized spacial score (nSPS) is 11.0. The quantitative estimate of drug-likeness (QED) is 0.630. The van der Waals surface area contributed by atoms with E-state index in [0.29, 0.717) is 23.3 Å². The van der Waals surface area contributed by atoms with Gasteiger partial charge in [0.25, 0.3) is 5.91 Å². The Morgan fingerprint density at radius 1 is 1.17 bits per heavy atom. The van der Waals surface area contributed by atoms with Crippen LogP contribution in [-0.4, -0.2) is 28.0 Å². The second-order valence-corrected chi connectivity index (χ2v) is 7.35. The molecule has 2 aromatic heterocycles. The summed E-state index contributed by atoms with van der Waals surface area (Å²) in [6, 6.07) is 10.8. The molecule has 7 nitrogen and oxygen atoms in total. The molecule has 1 aromatic carbocycles. The Hall–Kier alpha value is -3.48. The molecule has 0 unspecified atom stereocenters. The maximum atomic E-state index is 12.7. The molecule has 156 valence electrons. The number of aromatic nitrogens is 2. The highest BCUT2D eigenvalue weighted by atomic mass is 16.5. The number of aryl methyl sites for hydroxylation is 2. The summed E-state index contributed by atoms with van der Waals surface area (Å²) < 4.78 is 6.85. The number of esters is 1. The van der Waals surface area contributed by atoms with E-state index in [2.05, 4.69) is 10.3 Å². The Morgan fingerprint density at radius 3 is 2.60 bits per heavy atom. The van der Waals surface area contributed by atoms with Gasteiger partial charge in [0.1, 0.15) is 11.2 Å². The number of rotatable bonds is 6. The Kier molecular flexibility index (Phi) is 6.30. The lowest BCUT2D eigenvalue weighted by Crippen LogP contribution is -2.25. The maximum absolute atomic E-state index is 12.7. The highest BCUT2D eigenvalue weighted by molar-refractivity contribution is 5.97. The first-order chi connectivity index (χ1) is 14.3. The van der Waals surface area contributed by atoms with Crippen LogP contribution in [0.5, 0.6) is 0 Å². The molecule has 3 aromatic rings. The first-order valence-corrected chi connectivity index (χ1v) is 9.88. The Labute approximate surface area is 174 Å². The number of carbonyl (C=O) groups is 2. The predicted molar refractivity (Wildman–Crippen MR) is 116 cm³/mol. The monoisotopic (exact) mass is 407 g/mol. The summed E-state index contributed by atoms with van der Waals surface area (Å²) in [6.45, 7) is 7.82. The number of nitrogens with one attached hydrogen (secondary N) is 1. The molecule has 0 saturated carbocycles. The maximum Gasteiger partial charge on any atom is 0.344 e. The smallest absolute Gasteiger partial charge is 0.344 e. The van der Waals surface area contributed by atoms with Crippen molar-refractivity contribution in [3.8, 4) is 0 Å². The van der Waals surface area contributed by atoms with Crippen molar-refractivity contribution in [2.24, 2.45) is 0 Å². The molecule has 1 N–H and O–H groups in total. The standard InChI is InChI=1S/C23H25N3O4/c1-5-26-12-18(21(28)17-11-10-15(4)24-22(17)26)23(29)30-13-20(27)25-19-9-7-6-8-16(19)14(2)3/h6-12,14H,5,13H2,1-4H3,(H,25,27). The zero-order chi connectivity index (χ0) is 21.8. The number of ether oxygens (including phenoxy) is 1. The van der Waals surface area contributed by atoms with Gasteiger partial charge < -0.3 is 14.6 Å². The minimum absolute atomic E-state index is 0.120. The predicted octanol–water partition coefficient (Wildman–Crippen LogP) is 3.64. The first kappa shape index (κ1) is 21.2. The molecule has 0 fully saturated rings. The van der Waals surface area contributed by atoms with Crippen molar-refractivity contribution >= 4 is 28.6 Å². The summed E-state index contributed by atoms with van der Waals surface area (Å²) in [5.41, 5.74) is 2.37. The van der Waals surface area contributed by atoms with Gasteiger partial charge in [0, 0.05) is 24.1 Å². The van der Waals surface area contributed by atoms with Crippen molar-refractivity contribution in [2.75, 3.05) is 11.9 Å². The van der Waals surface area contributed by atoms with Gasteiger partial charge in [-0.05, 0) is 43.5 Å². The summed E-state index contributed by atoms with van der Waals surface area (Å²) in [6.07, 6.45) is 1.44. The van der Waals surface area contributed by atoms with Gasteiger partial charge in [-0.3, -0.25) is 9.59 Å². The SMILES string of the molecule is CCn1cc(C(=O)OCC(=O)Nc2ccccc2C(C)C)c(=O)c2ccc(C)nc21. The van der Waals surface area contributed by atoms with Crippen LogP contribution in [0.4, 0.5) is 5.69 Å². The van der Waals surface area contributed by atoms with Crippen molar-refractivity contribution in [2.45, 2.75) is 40.2 Å². The van der Waals surface area contributed by atoms with Gasteiger partial charge in [-0.15, -0.1) is 0 Å². The van der Waals surface area contributed by atoms with E-state index in [1.807, 2.05) is 45.9 Å². The average Bonchev–Trinajstić information content (AvgIpc) is 2.72. The fourth-order valence-corrected chi connectivity index (χ4v) is 3.26. The molecule has 0 aliphatic heterocycles. The number of nitrogens with zero attached hydrogens (tertiary/aromatic N) is 2. The third-order valence-corrected chi connectivity index (χ3v) is 4.81. The van der Waals surface area contributed by atoms with Gasteiger partial charge in [0.15, 0.2) is 6.61 Å². The fourth-order valence-electron chi connectivity index (χ4n) is 3.26. The van der Waals surface area contributed by atoms with Crippen molar-refractivity contribution in [3.63, 3.8) is 0 Å². The average molecular weight is 407 g/mol. The zero-order valence-electron chi connectivity index (χ0n) is 17.6. The molecule has 0 aliphatic rings. The van der Waals surface area contributed by atoms with Crippen LogP contribution < -0.4 is 10.7 Å². The van der Waals surface area contributed by atoms with E-state index in [1.54, 1.807) is 22.8 Å². The summed E-state index contributed by atoms with van der Waals surface area (Å²) in [7, 11) is 0. The molecular formula is C23H25N3O4. The minimum Gasteiger partial charge on any atom is -0.452 e. The molecule has 0 saturated heterocycles. The molecule has 7 heteroatoms. The highest BCUT2D eigenvalue weighted by Crippen LogP contribution is 2.23. The van der Waals surface area contributed by atoms with Crippen molar-refractivity contribution < 1.29 is 14.3 Å². The van der Waals surface area contributed by atoms with Crippen molar-refractivity contribution in [1.29, 1.82) is 0 Å². The lowest BCUT2D eigenvalue weighted by molar-refractivity contribution is -0.119. The molecule has 0 spiro atoms. The summed E-state index contributed by atoms with van der Waals surface area (Å²) >= 11 is 0. The third kappa shape index (κ3) is 4.40. The van der Waals surface area contributed by atoms with Gasteiger partial charge in [-0.1, -0.05) is 32.0 Å². The number of amides is 1. The summed E-state index contributed by atoms with van der Waals surface area (Å²) in [5, 5.41) is 3.10. The van der Waals surface area contributed by atoms with Gasteiger partial charge >= 0.3 is 5.97 Å². The Morgan fingerprint density at radius 2 is 1.90 bits per heavy atom.